The second-order valence-corrected chi connectivity index (χ2v) is 4.77. The SMILES string of the molecule is Cc1ccc(NC(=O)NC2CC2)cc1N(C)C. The van der Waals surface area contributed by atoms with Gasteiger partial charge in [-0.15, -0.1) is 0 Å². The molecule has 92 valence electrons. The number of amides is 2. The summed E-state index contributed by atoms with van der Waals surface area (Å²) in [6.07, 6.45) is 2.20. The van der Waals surface area contributed by atoms with Crippen LogP contribution in [0.25, 0.3) is 0 Å². The second-order valence-electron chi connectivity index (χ2n) is 4.77. The highest BCUT2D eigenvalue weighted by molar-refractivity contribution is 5.90. The van der Waals surface area contributed by atoms with Gasteiger partial charge in [0.25, 0.3) is 0 Å². The van der Waals surface area contributed by atoms with Crippen LogP contribution in [-0.2, 0) is 0 Å². The van der Waals surface area contributed by atoms with E-state index < -0.39 is 0 Å². The molecule has 1 aliphatic carbocycles. The standard InChI is InChI=1S/C13H19N3O/c1-9-4-5-11(8-12(9)16(2)3)15-13(17)14-10-6-7-10/h4-5,8,10H,6-7H2,1-3H3,(H2,14,15,17). The van der Waals surface area contributed by atoms with Crippen molar-refractivity contribution in [2.75, 3.05) is 24.3 Å². The molecular formula is C13H19N3O. The number of hydrogen-bond acceptors (Lipinski definition) is 2. The molecule has 0 aliphatic heterocycles. The van der Waals surface area contributed by atoms with Crippen LogP contribution in [0.2, 0.25) is 0 Å². The van der Waals surface area contributed by atoms with Gasteiger partial charge in [-0.05, 0) is 37.5 Å². The van der Waals surface area contributed by atoms with Gasteiger partial charge in [0.1, 0.15) is 0 Å². The molecule has 0 bridgehead atoms. The topological polar surface area (TPSA) is 44.4 Å². The highest BCUT2D eigenvalue weighted by Crippen LogP contribution is 2.23. The Balaban J connectivity index is 2.04. The summed E-state index contributed by atoms with van der Waals surface area (Å²) in [5, 5.41) is 5.76. The molecule has 0 aromatic heterocycles. The van der Waals surface area contributed by atoms with E-state index in [2.05, 4.69) is 17.6 Å². The van der Waals surface area contributed by atoms with Crippen LogP contribution in [0.3, 0.4) is 0 Å². The van der Waals surface area contributed by atoms with Gasteiger partial charge < -0.3 is 15.5 Å². The molecular weight excluding hydrogens is 214 g/mol. The lowest BCUT2D eigenvalue weighted by Gasteiger charge is -2.17. The molecule has 0 radical (unpaired) electrons. The molecule has 2 amide bonds. The van der Waals surface area contributed by atoms with Gasteiger partial charge >= 0.3 is 6.03 Å². The first kappa shape index (κ1) is 11.8. The number of aryl methyl sites for hydroxylation is 1. The first-order chi connectivity index (χ1) is 8.06. The zero-order valence-corrected chi connectivity index (χ0v) is 10.6. The van der Waals surface area contributed by atoms with Gasteiger partial charge in [0.2, 0.25) is 0 Å². The van der Waals surface area contributed by atoms with Crippen LogP contribution >= 0.6 is 0 Å². The van der Waals surface area contributed by atoms with Crippen molar-refractivity contribution >= 4 is 17.4 Å². The molecule has 0 unspecified atom stereocenters. The normalized spacial score (nSPS) is 14.3. The fraction of sp³-hybridized carbons (Fsp3) is 0.462. The highest BCUT2D eigenvalue weighted by Gasteiger charge is 2.23. The van der Waals surface area contributed by atoms with Crippen LogP contribution in [0.15, 0.2) is 18.2 Å². The number of anilines is 2. The maximum absolute atomic E-state index is 11.6. The lowest BCUT2D eigenvalue weighted by Crippen LogP contribution is -2.30. The number of nitrogens with zero attached hydrogens (tertiary/aromatic N) is 1. The molecule has 4 nitrogen and oxygen atoms in total. The van der Waals surface area contributed by atoms with Crippen molar-refractivity contribution in [2.45, 2.75) is 25.8 Å². The minimum absolute atomic E-state index is 0.110. The minimum Gasteiger partial charge on any atom is -0.377 e. The molecule has 2 N–H and O–H groups in total. The van der Waals surface area contributed by atoms with E-state index in [0.29, 0.717) is 6.04 Å². The Morgan fingerprint density at radius 1 is 1.35 bits per heavy atom. The molecule has 0 spiro atoms. The maximum Gasteiger partial charge on any atom is 0.319 e. The molecule has 17 heavy (non-hydrogen) atoms. The molecule has 1 saturated carbocycles. The number of urea groups is 1. The quantitative estimate of drug-likeness (QED) is 0.841. The van der Waals surface area contributed by atoms with Crippen molar-refractivity contribution in [3.63, 3.8) is 0 Å². The second kappa shape index (κ2) is 4.65. The highest BCUT2D eigenvalue weighted by atomic mass is 16.2. The Morgan fingerprint density at radius 2 is 2.06 bits per heavy atom. The van der Waals surface area contributed by atoms with Gasteiger partial charge in [-0.3, -0.25) is 0 Å². The summed E-state index contributed by atoms with van der Waals surface area (Å²) in [7, 11) is 3.99. The number of rotatable bonds is 3. The summed E-state index contributed by atoms with van der Waals surface area (Å²) in [5.41, 5.74) is 3.15. The number of carbonyl (C=O) groups excluding carboxylic acids is 1. The molecule has 1 aromatic rings. The van der Waals surface area contributed by atoms with Crippen LogP contribution in [-0.4, -0.2) is 26.2 Å². The third-order valence-corrected chi connectivity index (χ3v) is 2.86. The summed E-state index contributed by atoms with van der Waals surface area (Å²) in [5.74, 6) is 0. The third-order valence-electron chi connectivity index (χ3n) is 2.86. The number of nitrogens with one attached hydrogen (secondary N) is 2. The van der Waals surface area contributed by atoms with Gasteiger partial charge in [0.15, 0.2) is 0 Å². The average molecular weight is 233 g/mol. The fourth-order valence-corrected chi connectivity index (χ4v) is 1.75. The van der Waals surface area contributed by atoms with E-state index >= 15 is 0 Å². The first-order valence-corrected chi connectivity index (χ1v) is 5.92. The van der Waals surface area contributed by atoms with Crippen molar-refractivity contribution in [2.24, 2.45) is 0 Å². The van der Waals surface area contributed by atoms with E-state index in [-0.39, 0.29) is 6.03 Å². The van der Waals surface area contributed by atoms with Gasteiger partial charge in [0.05, 0.1) is 0 Å². The molecule has 0 heterocycles. The molecule has 0 atom stereocenters. The molecule has 1 aliphatic rings. The molecule has 1 fully saturated rings. The predicted molar refractivity (Wildman–Crippen MR) is 70.7 cm³/mol. The predicted octanol–water partition coefficient (Wildman–Crippen LogP) is 2.34. The van der Waals surface area contributed by atoms with Crippen molar-refractivity contribution in [3.05, 3.63) is 23.8 Å². The lowest BCUT2D eigenvalue weighted by atomic mass is 10.1. The van der Waals surface area contributed by atoms with Crippen LogP contribution in [0.4, 0.5) is 16.2 Å². The number of carbonyl (C=O) groups is 1. The van der Waals surface area contributed by atoms with Crippen LogP contribution in [0.1, 0.15) is 18.4 Å². The zero-order valence-electron chi connectivity index (χ0n) is 10.6. The average Bonchev–Trinajstić information content (AvgIpc) is 3.04. The van der Waals surface area contributed by atoms with E-state index in [0.717, 1.165) is 24.2 Å². The summed E-state index contributed by atoms with van der Waals surface area (Å²) in [6, 6.07) is 6.20. The molecule has 1 aromatic carbocycles. The summed E-state index contributed by atoms with van der Waals surface area (Å²) < 4.78 is 0. The van der Waals surface area contributed by atoms with Gasteiger partial charge in [-0.25, -0.2) is 4.79 Å². The van der Waals surface area contributed by atoms with Crippen molar-refractivity contribution in [1.82, 2.24) is 5.32 Å². The van der Waals surface area contributed by atoms with Gasteiger partial charge in [-0.1, -0.05) is 6.07 Å². The van der Waals surface area contributed by atoms with Crippen LogP contribution in [0.5, 0.6) is 0 Å². The van der Waals surface area contributed by atoms with Crippen molar-refractivity contribution < 1.29 is 4.79 Å². The summed E-state index contributed by atoms with van der Waals surface area (Å²) >= 11 is 0. The van der Waals surface area contributed by atoms with Gasteiger partial charge in [0, 0.05) is 31.5 Å². The monoisotopic (exact) mass is 233 g/mol. The van der Waals surface area contributed by atoms with E-state index in [1.807, 2.05) is 37.2 Å². The lowest BCUT2D eigenvalue weighted by molar-refractivity contribution is 0.251. The largest absolute Gasteiger partial charge is 0.377 e. The Kier molecular flexibility index (Phi) is 3.22. The minimum atomic E-state index is -0.110. The van der Waals surface area contributed by atoms with E-state index in [1.54, 1.807) is 0 Å². The molecule has 4 heteroatoms. The Hall–Kier alpha value is -1.71. The molecule has 2 rings (SSSR count). The maximum atomic E-state index is 11.6. The Labute approximate surface area is 102 Å². The Morgan fingerprint density at radius 3 is 2.65 bits per heavy atom. The number of hydrogen-bond donors (Lipinski definition) is 2. The van der Waals surface area contributed by atoms with Crippen molar-refractivity contribution in [3.8, 4) is 0 Å². The first-order valence-electron chi connectivity index (χ1n) is 5.92. The molecule has 0 saturated heterocycles. The van der Waals surface area contributed by atoms with Crippen LogP contribution in [0, 0.1) is 6.92 Å². The summed E-state index contributed by atoms with van der Waals surface area (Å²) in [4.78, 5) is 13.6. The van der Waals surface area contributed by atoms with E-state index in [4.69, 9.17) is 0 Å². The van der Waals surface area contributed by atoms with Gasteiger partial charge in [-0.2, -0.15) is 0 Å². The Bertz CT molecular complexity index is 425. The number of benzene rings is 1. The van der Waals surface area contributed by atoms with E-state index in [9.17, 15) is 4.79 Å². The van der Waals surface area contributed by atoms with E-state index in [1.165, 1.54) is 5.56 Å². The van der Waals surface area contributed by atoms with Crippen molar-refractivity contribution in [1.29, 1.82) is 0 Å². The third kappa shape index (κ3) is 3.12. The summed E-state index contributed by atoms with van der Waals surface area (Å²) in [6.45, 7) is 2.06. The smallest absolute Gasteiger partial charge is 0.319 e. The zero-order chi connectivity index (χ0) is 12.4. The van der Waals surface area contributed by atoms with Crippen LogP contribution < -0.4 is 15.5 Å². The fourth-order valence-electron chi connectivity index (χ4n) is 1.75.